The Morgan fingerprint density at radius 1 is 1.04 bits per heavy atom. The highest BCUT2D eigenvalue weighted by Gasteiger charge is 2.09. The highest BCUT2D eigenvalue weighted by Crippen LogP contribution is 2.35. The highest BCUT2D eigenvalue weighted by atomic mass is 79.9. The molecule has 0 aliphatic carbocycles. The van der Waals surface area contributed by atoms with Crippen LogP contribution in [0.2, 0.25) is 5.02 Å². The zero-order valence-corrected chi connectivity index (χ0v) is 18.2. The van der Waals surface area contributed by atoms with Gasteiger partial charge in [0, 0.05) is 23.4 Å². The van der Waals surface area contributed by atoms with E-state index < -0.39 is 4.92 Å². The zero-order valence-electron chi connectivity index (χ0n) is 14.3. The molecule has 0 heterocycles. The van der Waals surface area contributed by atoms with Crippen LogP contribution in [0.3, 0.4) is 0 Å². The van der Waals surface area contributed by atoms with Gasteiger partial charge in [0.1, 0.15) is 12.4 Å². The van der Waals surface area contributed by atoms with Gasteiger partial charge >= 0.3 is 0 Å². The molecule has 0 saturated heterocycles. The largest absolute Gasteiger partial charge is 0.487 e. The van der Waals surface area contributed by atoms with Gasteiger partial charge in [-0.05, 0) is 79.4 Å². The number of nitro groups is 1. The first-order valence-electron chi connectivity index (χ1n) is 8.07. The molecular weight excluding hydrogens is 511 g/mol. The van der Waals surface area contributed by atoms with Crippen molar-refractivity contribution in [2.45, 2.75) is 6.61 Å². The lowest BCUT2D eigenvalue weighted by Gasteiger charge is -2.11. The predicted octanol–water partition coefficient (Wildman–Crippen LogP) is 7.10. The predicted molar refractivity (Wildman–Crippen MR) is 118 cm³/mol. The number of ether oxygens (including phenoxy) is 1. The summed E-state index contributed by atoms with van der Waals surface area (Å²) in [5.74, 6) is 0.683. The Morgan fingerprint density at radius 2 is 1.64 bits per heavy atom. The molecule has 0 amide bonds. The van der Waals surface area contributed by atoms with Crippen LogP contribution in [-0.2, 0) is 6.61 Å². The molecule has 5 nitrogen and oxygen atoms in total. The molecule has 28 heavy (non-hydrogen) atoms. The second-order valence-electron chi connectivity index (χ2n) is 5.76. The zero-order chi connectivity index (χ0) is 20.1. The van der Waals surface area contributed by atoms with Crippen molar-refractivity contribution >= 4 is 61.1 Å². The van der Waals surface area contributed by atoms with Gasteiger partial charge in [0.15, 0.2) is 0 Å². The number of nitrogens with zero attached hydrogens (tertiary/aromatic N) is 2. The highest BCUT2D eigenvalue weighted by molar-refractivity contribution is 9.11. The van der Waals surface area contributed by atoms with Gasteiger partial charge in [-0.25, -0.2) is 0 Å². The summed E-state index contributed by atoms with van der Waals surface area (Å²) in [4.78, 5) is 14.6. The number of benzene rings is 3. The van der Waals surface area contributed by atoms with Crippen LogP contribution in [0, 0.1) is 10.1 Å². The number of nitro benzene ring substituents is 1. The van der Waals surface area contributed by atoms with Crippen LogP contribution < -0.4 is 4.74 Å². The first kappa shape index (κ1) is 20.5. The molecule has 0 aromatic heterocycles. The first-order chi connectivity index (χ1) is 13.4. The number of hydrogen-bond acceptors (Lipinski definition) is 4. The maximum atomic E-state index is 10.7. The Kier molecular flexibility index (Phi) is 6.83. The van der Waals surface area contributed by atoms with Gasteiger partial charge in [-0.3, -0.25) is 15.1 Å². The second kappa shape index (κ2) is 9.32. The Morgan fingerprint density at radius 3 is 2.21 bits per heavy atom. The van der Waals surface area contributed by atoms with Gasteiger partial charge < -0.3 is 4.74 Å². The molecule has 142 valence electrons. The normalized spacial score (nSPS) is 11.0. The van der Waals surface area contributed by atoms with Gasteiger partial charge in [0.25, 0.3) is 5.69 Å². The number of aliphatic imine (C=N–C) groups is 1. The summed E-state index contributed by atoms with van der Waals surface area (Å²) < 4.78 is 7.46. The van der Waals surface area contributed by atoms with Crippen molar-refractivity contribution in [1.29, 1.82) is 0 Å². The SMILES string of the molecule is O=[N+]([O-])c1ccc(N=Cc2cc(Br)c(OCc3ccc(Cl)cc3)c(Br)c2)cc1. The quantitative estimate of drug-likeness (QED) is 0.196. The minimum atomic E-state index is -0.440. The molecule has 3 aromatic rings. The Hall–Kier alpha value is -2.22. The molecule has 0 aliphatic heterocycles. The van der Waals surface area contributed by atoms with Crippen LogP contribution in [0.25, 0.3) is 0 Å². The lowest BCUT2D eigenvalue weighted by atomic mass is 10.2. The summed E-state index contributed by atoms with van der Waals surface area (Å²) in [6.45, 7) is 0.407. The van der Waals surface area contributed by atoms with E-state index in [0.29, 0.717) is 23.1 Å². The van der Waals surface area contributed by atoms with Crippen LogP contribution in [0.1, 0.15) is 11.1 Å². The standard InChI is InChI=1S/C20H13Br2ClN2O3/c21-18-9-14(11-24-16-5-7-17(8-6-16)25(26)27)10-19(22)20(18)28-12-13-1-3-15(23)4-2-13/h1-11H,12H2. The average Bonchev–Trinajstić information content (AvgIpc) is 2.67. The lowest BCUT2D eigenvalue weighted by Crippen LogP contribution is -1.97. The number of hydrogen-bond donors (Lipinski definition) is 0. The van der Waals surface area contributed by atoms with Crippen LogP contribution in [0.5, 0.6) is 5.75 Å². The third kappa shape index (κ3) is 5.41. The first-order valence-corrected chi connectivity index (χ1v) is 10.0. The maximum absolute atomic E-state index is 10.7. The Labute approximate surface area is 183 Å². The molecule has 0 fully saturated rings. The molecule has 0 unspecified atom stereocenters. The number of rotatable bonds is 6. The molecule has 0 N–H and O–H groups in total. The van der Waals surface area contributed by atoms with Crippen LogP contribution in [0.15, 0.2) is 74.6 Å². The molecule has 0 saturated carbocycles. The van der Waals surface area contributed by atoms with Crippen molar-refractivity contribution in [1.82, 2.24) is 0 Å². The maximum Gasteiger partial charge on any atom is 0.269 e. The molecule has 3 rings (SSSR count). The van der Waals surface area contributed by atoms with E-state index in [-0.39, 0.29) is 5.69 Å². The van der Waals surface area contributed by atoms with E-state index in [1.165, 1.54) is 12.1 Å². The van der Waals surface area contributed by atoms with E-state index in [9.17, 15) is 10.1 Å². The average molecular weight is 525 g/mol. The van der Waals surface area contributed by atoms with Crippen LogP contribution in [-0.4, -0.2) is 11.1 Å². The molecule has 3 aromatic carbocycles. The van der Waals surface area contributed by atoms with E-state index in [2.05, 4.69) is 36.9 Å². The van der Waals surface area contributed by atoms with Gasteiger partial charge in [-0.15, -0.1) is 0 Å². The Bertz CT molecular complexity index is 1000. The van der Waals surface area contributed by atoms with Crippen LogP contribution >= 0.6 is 43.5 Å². The molecule has 0 atom stereocenters. The summed E-state index contributed by atoms with van der Waals surface area (Å²) in [5.41, 5.74) is 2.51. The van der Waals surface area contributed by atoms with E-state index in [0.717, 1.165) is 20.1 Å². The summed E-state index contributed by atoms with van der Waals surface area (Å²) >= 11 is 12.9. The minimum absolute atomic E-state index is 0.0339. The molecular formula is C20H13Br2ClN2O3. The summed E-state index contributed by atoms with van der Waals surface area (Å²) in [7, 11) is 0. The number of non-ortho nitro benzene ring substituents is 1. The fourth-order valence-corrected chi connectivity index (χ4v) is 3.91. The molecule has 8 heteroatoms. The number of halogens is 3. The van der Waals surface area contributed by atoms with Crippen molar-refractivity contribution < 1.29 is 9.66 Å². The summed E-state index contributed by atoms with van der Waals surface area (Å²) in [6.07, 6.45) is 1.68. The van der Waals surface area contributed by atoms with Crippen molar-refractivity contribution in [3.8, 4) is 5.75 Å². The minimum Gasteiger partial charge on any atom is -0.487 e. The monoisotopic (exact) mass is 522 g/mol. The fourth-order valence-electron chi connectivity index (χ4n) is 2.34. The summed E-state index contributed by atoms with van der Waals surface area (Å²) in [5, 5.41) is 11.4. The summed E-state index contributed by atoms with van der Waals surface area (Å²) in [6, 6.07) is 17.3. The fraction of sp³-hybridized carbons (Fsp3) is 0.0500. The molecule has 0 bridgehead atoms. The van der Waals surface area contributed by atoms with E-state index in [1.54, 1.807) is 18.3 Å². The van der Waals surface area contributed by atoms with Crippen molar-refractivity contribution in [3.63, 3.8) is 0 Å². The van der Waals surface area contributed by atoms with Gasteiger partial charge in [0.05, 0.1) is 19.6 Å². The van der Waals surface area contributed by atoms with E-state index in [4.69, 9.17) is 16.3 Å². The Balaban J connectivity index is 1.71. The van der Waals surface area contributed by atoms with E-state index >= 15 is 0 Å². The lowest BCUT2D eigenvalue weighted by molar-refractivity contribution is -0.384. The third-order valence-electron chi connectivity index (χ3n) is 3.74. The van der Waals surface area contributed by atoms with Gasteiger partial charge in [-0.1, -0.05) is 23.7 Å². The smallest absolute Gasteiger partial charge is 0.269 e. The van der Waals surface area contributed by atoms with Gasteiger partial charge in [-0.2, -0.15) is 0 Å². The third-order valence-corrected chi connectivity index (χ3v) is 5.17. The molecule has 0 aliphatic rings. The topological polar surface area (TPSA) is 64.7 Å². The van der Waals surface area contributed by atoms with Crippen molar-refractivity contribution in [3.05, 3.63) is 95.9 Å². The van der Waals surface area contributed by atoms with E-state index in [1.807, 2.05) is 36.4 Å². The van der Waals surface area contributed by atoms with Crippen LogP contribution in [0.4, 0.5) is 11.4 Å². The second-order valence-corrected chi connectivity index (χ2v) is 7.91. The van der Waals surface area contributed by atoms with Gasteiger partial charge in [0.2, 0.25) is 0 Å². The van der Waals surface area contributed by atoms with Crippen molar-refractivity contribution in [2.24, 2.45) is 4.99 Å². The molecule has 0 radical (unpaired) electrons. The molecule has 0 spiro atoms. The van der Waals surface area contributed by atoms with Crippen molar-refractivity contribution in [2.75, 3.05) is 0 Å².